The molecule has 8 nitrogen and oxygen atoms in total. The van der Waals surface area contributed by atoms with Crippen molar-refractivity contribution in [3.63, 3.8) is 0 Å². The minimum absolute atomic E-state index is 0.0431. The molecule has 2 N–H and O–H groups in total. The van der Waals surface area contributed by atoms with Gasteiger partial charge in [0.2, 0.25) is 5.91 Å². The van der Waals surface area contributed by atoms with E-state index in [1.165, 1.54) is 0 Å². The first-order chi connectivity index (χ1) is 17.8. The number of nitrogens with zero attached hydrogens (tertiary/aromatic N) is 2. The van der Waals surface area contributed by atoms with Gasteiger partial charge in [-0.15, -0.1) is 0 Å². The first-order valence-corrected chi connectivity index (χ1v) is 12.8. The number of aliphatic hydroxyl groups is 1. The smallest absolute Gasteiger partial charge is 0.256 e. The summed E-state index contributed by atoms with van der Waals surface area (Å²) in [6.07, 6.45) is 1.78. The molecule has 2 aliphatic rings. The number of aliphatic hydroxyl groups excluding tert-OH is 1. The number of fused-ring (bicyclic) bond motifs is 2. The summed E-state index contributed by atoms with van der Waals surface area (Å²) in [5.41, 5.74) is 3.72. The summed E-state index contributed by atoms with van der Waals surface area (Å²) in [6, 6.07) is 14.9. The highest BCUT2D eigenvalue weighted by molar-refractivity contribution is 6.01. The maximum atomic E-state index is 13.2. The molecule has 194 valence electrons. The van der Waals surface area contributed by atoms with Gasteiger partial charge in [0.1, 0.15) is 23.5 Å². The van der Waals surface area contributed by atoms with Crippen LogP contribution >= 0.6 is 0 Å². The maximum absolute atomic E-state index is 13.2. The molecule has 0 saturated carbocycles. The van der Waals surface area contributed by atoms with Crippen molar-refractivity contribution in [2.45, 2.75) is 51.8 Å². The minimum Gasteiger partial charge on any atom is -0.493 e. The van der Waals surface area contributed by atoms with Gasteiger partial charge in [-0.2, -0.15) is 0 Å². The number of likely N-dealkylation sites (N-methyl/N-ethyl adjacent to an activating group) is 1. The van der Waals surface area contributed by atoms with Crippen LogP contribution in [0.25, 0.3) is 11.3 Å². The Hall–Kier alpha value is -3.78. The van der Waals surface area contributed by atoms with Gasteiger partial charge in [0.15, 0.2) is 0 Å². The van der Waals surface area contributed by atoms with E-state index < -0.39 is 6.23 Å². The fourth-order valence-corrected chi connectivity index (χ4v) is 5.18. The Balaban J connectivity index is 1.18. The SMILES string of the molecule is Cc1ccc(-c2cccc(NC(=O)CCCOc3cc4c(cc3C)C(=O)N3CCC[C@H]3C(O)N4C)c2)o1. The fourth-order valence-electron chi connectivity index (χ4n) is 5.18. The molecule has 2 aromatic carbocycles. The van der Waals surface area contributed by atoms with Crippen LogP contribution in [0.1, 0.15) is 47.4 Å². The maximum Gasteiger partial charge on any atom is 0.256 e. The van der Waals surface area contributed by atoms with Gasteiger partial charge in [-0.1, -0.05) is 12.1 Å². The van der Waals surface area contributed by atoms with E-state index in [0.29, 0.717) is 48.7 Å². The van der Waals surface area contributed by atoms with Crippen LogP contribution in [-0.4, -0.2) is 54.3 Å². The normalized spacial score (nSPS) is 18.9. The van der Waals surface area contributed by atoms with Crippen molar-refractivity contribution in [3.05, 3.63) is 65.4 Å². The number of nitrogens with one attached hydrogen (secondary N) is 1. The largest absolute Gasteiger partial charge is 0.493 e. The van der Waals surface area contributed by atoms with Crippen molar-refractivity contribution >= 4 is 23.2 Å². The van der Waals surface area contributed by atoms with E-state index in [1.54, 1.807) is 9.80 Å². The van der Waals surface area contributed by atoms with Gasteiger partial charge in [0.05, 0.1) is 23.9 Å². The Labute approximate surface area is 216 Å². The van der Waals surface area contributed by atoms with E-state index in [-0.39, 0.29) is 17.9 Å². The zero-order chi connectivity index (χ0) is 26.1. The van der Waals surface area contributed by atoms with Gasteiger partial charge < -0.3 is 29.4 Å². The second kappa shape index (κ2) is 10.3. The molecule has 0 aliphatic carbocycles. The molecule has 3 aromatic rings. The summed E-state index contributed by atoms with van der Waals surface area (Å²) < 4.78 is 11.7. The summed E-state index contributed by atoms with van der Waals surface area (Å²) in [6.45, 7) is 4.83. The number of furan rings is 1. The second-order valence-electron chi connectivity index (χ2n) is 9.86. The number of rotatable bonds is 7. The van der Waals surface area contributed by atoms with Gasteiger partial charge in [-0.05, 0) is 69.0 Å². The summed E-state index contributed by atoms with van der Waals surface area (Å²) in [7, 11) is 1.81. The van der Waals surface area contributed by atoms with Crippen LogP contribution in [0.4, 0.5) is 11.4 Å². The lowest BCUT2D eigenvalue weighted by molar-refractivity contribution is -0.116. The number of benzene rings is 2. The van der Waals surface area contributed by atoms with Crippen LogP contribution in [0, 0.1) is 13.8 Å². The van der Waals surface area contributed by atoms with E-state index in [0.717, 1.165) is 35.5 Å². The molecule has 3 heterocycles. The molecule has 37 heavy (non-hydrogen) atoms. The van der Waals surface area contributed by atoms with E-state index >= 15 is 0 Å². The molecule has 2 aliphatic heterocycles. The summed E-state index contributed by atoms with van der Waals surface area (Å²) >= 11 is 0. The predicted octanol–water partition coefficient (Wildman–Crippen LogP) is 4.73. The lowest BCUT2D eigenvalue weighted by Gasteiger charge is -2.31. The molecule has 0 bridgehead atoms. The topological polar surface area (TPSA) is 95.2 Å². The zero-order valence-corrected chi connectivity index (χ0v) is 21.5. The number of anilines is 2. The molecule has 1 fully saturated rings. The first-order valence-electron chi connectivity index (χ1n) is 12.8. The molecule has 1 unspecified atom stereocenters. The third kappa shape index (κ3) is 5.06. The molecule has 2 atom stereocenters. The molecule has 1 saturated heterocycles. The van der Waals surface area contributed by atoms with Crippen LogP contribution in [0.5, 0.6) is 5.75 Å². The van der Waals surface area contributed by atoms with Crippen LogP contribution in [0.2, 0.25) is 0 Å². The molecule has 1 aromatic heterocycles. The van der Waals surface area contributed by atoms with Gasteiger partial charge in [-0.3, -0.25) is 9.59 Å². The minimum atomic E-state index is -0.762. The van der Waals surface area contributed by atoms with Gasteiger partial charge in [0.25, 0.3) is 5.91 Å². The highest BCUT2D eigenvalue weighted by atomic mass is 16.5. The molecular weight excluding hydrogens is 470 g/mol. The molecular formula is C29H33N3O5. The lowest BCUT2D eigenvalue weighted by atomic mass is 10.1. The number of hydrogen-bond acceptors (Lipinski definition) is 6. The highest BCUT2D eigenvalue weighted by Gasteiger charge is 2.41. The third-order valence-corrected chi connectivity index (χ3v) is 7.18. The summed E-state index contributed by atoms with van der Waals surface area (Å²) in [5, 5.41) is 13.8. The van der Waals surface area contributed by atoms with E-state index in [4.69, 9.17) is 9.15 Å². The Bertz CT molecular complexity index is 1320. The van der Waals surface area contributed by atoms with E-state index in [9.17, 15) is 14.7 Å². The van der Waals surface area contributed by atoms with Crippen LogP contribution in [0.15, 0.2) is 52.9 Å². The molecule has 8 heteroatoms. The molecule has 0 radical (unpaired) electrons. The number of carbonyl (C=O) groups is 2. The van der Waals surface area contributed by atoms with Crippen molar-refractivity contribution in [2.24, 2.45) is 0 Å². The fraction of sp³-hybridized carbons (Fsp3) is 0.379. The lowest BCUT2D eigenvalue weighted by Crippen LogP contribution is -2.47. The van der Waals surface area contributed by atoms with Crippen LogP contribution < -0.4 is 15.0 Å². The Morgan fingerprint density at radius 1 is 1.19 bits per heavy atom. The number of hydrogen-bond donors (Lipinski definition) is 2. The van der Waals surface area contributed by atoms with Crippen molar-refractivity contribution in [1.29, 1.82) is 0 Å². The van der Waals surface area contributed by atoms with Gasteiger partial charge in [0, 0.05) is 37.3 Å². The van der Waals surface area contributed by atoms with Gasteiger partial charge >= 0.3 is 0 Å². The molecule has 2 amide bonds. The third-order valence-electron chi connectivity index (χ3n) is 7.18. The Morgan fingerprint density at radius 2 is 2.03 bits per heavy atom. The first kappa shape index (κ1) is 24.9. The standard InChI is InChI=1S/C29H33N3O5/c1-18-15-22-24(31(3)29(35)23-9-5-13-32(23)28(22)34)17-26(18)36-14-6-10-27(33)30-21-8-4-7-20(16-21)25-12-11-19(2)37-25/h4,7-8,11-12,15-17,23,29,35H,5-6,9-10,13-14H2,1-3H3,(H,30,33)/t23-,29?/m0/s1. The zero-order valence-electron chi connectivity index (χ0n) is 21.5. The number of ether oxygens (including phenoxy) is 1. The van der Waals surface area contributed by atoms with E-state index in [2.05, 4.69) is 5.32 Å². The van der Waals surface area contributed by atoms with Crippen molar-refractivity contribution in [1.82, 2.24) is 4.90 Å². The van der Waals surface area contributed by atoms with Crippen molar-refractivity contribution in [2.75, 3.05) is 30.4 Å². The monoisotopic (exact) mass is 503 g/mol. The van der Waals surface area contributed by atoms with Gasteiger partial charge in [-0.25, -0.2) is 0 Å². The van der Waals surface area contributed by atoms with Crippen LogP contribution in [0.3, 0.4) is 0 Å². The second-order valence-corrected chi connectivity index (χ2v) is 9.86. The predicted molar refractivity (Wildman–Crippen MR) is 142 cm³/mol. The molecule has 0 spiro atoms. The number of amides is 2. The number of carbonyl (C=O) groups excluding carboxylic acids is 2. The summed E-state index contributed by atoms with van der Waals surface area (Å²) in [4.78, 5) is 29.2. The Kier molecular flexibility index (Phi) is 6.93. The van der Waals surface area contributed by atoms with Crippen molar-refractivity contribution < 1.29 is 23.8 Å². The van der Waals surface area contributed by atoms with Crippen molar-refractivity contribution in [3.8, 4) is 17.1 Å². The quantitative estimate of drug-likeness (QED) is 0.453. The Morgan fingerprint density at radius 3 is 2.81 bits per heavy atom. The number of aryl methyl sites for hydroxylation is 2. The highest BCUT2D eigenvalue weighted by Crippen LogP contribution is 2.37. The average Bonchev–Trinajstić information content (AvgIpc) is 3.54. The van der Waals surface area contributed by atoms with E-state index in [1.807, 2.05) is 69.4 Å². The summed E-state index contributed by atoms with van der Waals surface area (Å²) in [5.74, 6) is 2.11. The molecule has 5 rings (SSSR count). The average molecular weight is 504 g/mol. The van der Waals surface area contributed by atoms with Crippen LogP contribution in [-0.2, 0) is 4.79 Å².